The molecule has 4 rings (SSSR count). The molecular weight excluding hydrogens is 576 g/mol. The summed E-state index contributed by atoms with van der Waals surface area (Å²) in [7, 11) is 0. The Morgan fingerprint density at radius 3 is 1.23 bits per heavy atom. The SMILES string of the molecule is O=C(Nc1ccc(Cc2ccc(NC(=O)Oc3ccc(Br)cc3)cc2)cc1)Oc1ccc(Br)cc1. The molecule has 2 amide bonds. The molecule has 0 radical (unpaired) electrons. The van der Waals surface area contributed by atoms with Crippen LogP contribution in [0.3, 0.4) is 0 Å². The molecule has 0 saturated heterocycles. The molecular formula is C27H20Br2N2O4. The van der Waals surface area contributed by atoms with Crippen molar-refractivity contribution in [1.29, 1.82) is 0 Å². The molecule has 0 aromatic heterocycles. The van der Waals surface area contributed by atoms with Crippen LogP contribution in [0.5, 0.6) is 11.5 Å². The molecule has 2 N–H and O–H groups in total. The van der Waals surface area contributed by atoms with Crippen molar-refractivity contribution >= 4 is 55.4 Å². The minimum Gasteiger partial charge on any atom is -0.410 e. The highest BCUT2D eigenvalue weighted by Gasteiger charge is 2.07. The molecule has 4 aromatic rings. The number of rotatable bonds is 6. The summed E-state index contributed by atoms with van der Waals surface area (Å²) in [6.07, 6.45) is -0.406. The highest BCUT2D eigenvalue weighted by molar-refractivity contribution is 9.10. The zero-order valence-electron chi connectivity index (χ0n) is 18.3. The minimum absolute atomic E-state index is 0.460. The maximum absolute atomic E-state index is 12.1. The van der Waals surface area contributed by atoms with E-state index in [1.54, 1.807) is 48.5 Å². The standard InChI is InChI=1S/C27H20Br2N2O4/c28-20-5-13-24(14-6-20)34-26(32)30-22-9-1-18(2-10-22)17-19-3-11-23(12-4-19)31-27(33)35-25-15-7-21(29)8-16-25/h1-16H,17H2,(H,30,32)(H,31,33). The third kappa shape index (κ3) is 7.70. The normalized spacial score (nSPS) is 10.3. The highest BCUT2D eigenvalue weighted by Crippen LogP contribution is 2.20. The van der Waals surface area contributed by atoms with Crippen molar-refractivity contribution in [2.24, 2.45) is 0 Å². The lowest BCUT2D eigenvalue weighted by Crippen LogP contribution is -2.16. The van der Waals surface area contributed by atoms with Gasteiger partial charge in [-0.25, -0.2) is 9.59 Å². The van der Waals surface area contributed by atoms with Crippen LogP contribution in [0.2, 0.25) is 0 Å². The molecule has 0 atom stereocenters. The predicted octanol–water partition coefficient (Wildman–Crippen LogP) is 8.02. The number of carbonyl (C=O) groups is 2. The van der Waals surface area contributed by atoms with Gasteiger partial charge in [0, 0.05) is 20.3 Å². The van der Waals surface area contributed by atoms with Crippen LogP contribution in [0.1, 0.15) is 11.1 Å². The molecule has 176 valence electrons. The Hall–Kier alpha value is -3.62. The molecule has 0 unspecified atom stereocenters. The van der Waals surface area contributed by atoms with Crippen LogP contribution in [0, 0.1) is 0 Å². The van der Waals surface area contributed by atoms with E-state index in [0.29, 0.717) is 29.3 Å². The van der Waals surface area contributed by atoms with Gasteiger partial charge in [-0.05, 0) is 90.3 Å². The fraction of sp³-hybridized carbons (Fsp3) is 0.0370. The lowest BCUT2D eigenvalue weighted by atomic mass is 10.0. The smallest absolute Gasteiger partial charge is 0.410 e. The first-order chi connectivity index (χ1) is 16.9. The molecule has 0 aliphatic rings. The van der Waals surface area contributed by atoms with Crippen molar-refractivity contribution in [2.45, 2.75) is 6.42 Å². The van der Waals surface area contributed by atoms with Gasteiger partial charge in [0.15, 0.2) is 0 Å². The van der Waals surface area contributed by atoms with Gasteiger partial charge in [0.2, 0.25) is 0 Å². The third-order valence-corrected chi connectivity index (χ3v) is 5.91. The van der Waals surface area contributed by atoms with E-state index in [1.165, 1.54) is 0 Å². The predicted molar refractivity (Wildman–Crippen MR) is 143 cm³/mol. The summed E-state index contributed by atoms with van der Waals surface area (Å²) >= 11 is 6.68. The summed E-state index contributed by atoms with van der Waals surface area (Å²) in [6, 6.07) is 29.1. The van der Waals surface area contributed by atoms with E-state index in [4.69, 9.17) is 9.47 Å². The quantitative estimate of drug-likeness (QED) is 0.237. The number of ether oxygens (including phenoxy) is 2. The molecule has 0 bridgehead atoms. The van der Waals surface area contributed by atoms with Crippen molar-refractivity contribution in [1.82, 2.24) is 0 Å². The summed E-state index contributed by atoms with van der Waals surface area (Å²) in [5.74, 6) is 0.920. The van der Waals surface area contributed by atoms with Crippen molar-refractivity contribution < 1.29 is 19.1 Å². The molecule has 0 saturated carbocycles. The summed E-state index contributed by atoms with van der Waals surface area (Å²) < 4.78 is 12.3. The Morgan fingerprint density at radius 1 is 0.543 bits per heavy atom. The van der Waals surface area contributed by atoms with Crippen LogP contribution >= 0.6 is 31.9 Å². The van der Waals surface area contributed by atoms with Crippen LogP contribution in [0.25, 0.3) is 0 Å². The van der Waals surface area contributed by atoms with E-state index in [-0.39, 0.29) is 0 Å². The third-order valence-electron chi connectivity index (χ3n) is 4.86. The van der Waals surface area contributed by atoms with Gasteiger partial charge in [-0.3, -0.25) is 10.6 Å². The number of amides is 2. The average Bonchev–Trinajstić information content (AvgIpc) is 2.84. The van der Waals surface area contributed by atoms with Crippen LogP contribution in [0.4, 0.5) is 21.0 Å². The van der Waals surface area contributed by atoms with Gasteiger partial charge >= 0.3 is 12.2 Å². The molecule has 6 nitrogen and oxygen atoms in total. The minimum atomic E-state index is -0.554. The van der Waals surface area contributed by atoms with Crippen LogP contribution in [0.15, 0.2) is 106 Å². The summed E-state index contributed by atoms with van der Waals surface area (Å²) in [5.41, 5.74) is 3.43. The van der Waals surface area contributed by atoms with Crippen molar-refractivity contribution in [3.05, 3.63) is 117 Å². The Balaban J connectivity index is 1.26. The molecule has 0 spiro atoms. The maximum Gasteiger partial charge on any atom is 0.417 e. The number of hydrogen-bond acceptors (Lipinski definition) is 4. The van der Waals surface area contributed by atoms with Gasteiger partial charge < -0.3 is 9.47 Å². The Bertz CT molecular complexity index is 1190. The second-order valence-corrected chi connectivity index (χ2v) is 9.34. The molecule has 4 aromatic carbocycles. The number of hydrogen-bond donors (Lipinski definition) is 2. The van der Waals surface area contributed by atoms with Gasteiger partial charge in [0.1, 0.15) is 11.5 Å². The molecule has 0 fully saturated rings. The number of benzene rings is 4. The first kappa shape index (κ1) is 24.5. The van der Waals surface area contributed by atoms with Crippen molar-refractivity contribution in [2.75, 3.05) is 10.6 Å². The lowest BCUT2D eigenvalue weighted by molar-refractivity contribution is 0.214. The summed E-state index contributed by atoms with van der Waals surface area (Å²) in [4.78, 5) is 24.2. The Labute approximate surface area is 219 Å². The van der Waals surface area contributed by atoms with E-state index in [0.717, 1.165) is 20.1 Å². The summed E-state index contributed by atoms with van der Waals surface area (Å²) in [6.45, 7) is 0. The van der Waals surface area contributed by atoms with Gasteiger partial charge in [0.05, 0.1) is 0 Å². The van der Waals surface area contributed by atoms with Crippen molar-refractivity contribution in [3.8, 4) is 11.5 Å². The largest absolute Gasteiger partial charge is 0.417 e. The monoisotopic (exact) mass is 594 g/mol. The van der Waals surface area contributed by atoms with Crippen LogP contribution < -0.4 is 20.1 Å². The van der Waals surface area contributed by atoms with Gasteiger partial charge in [-0.15, -0.1) is 0 Å². The lowest BCUT2D eigenvalue weighted by Gasteiger charge is -2.09. The van der Waals surface area contributed by atoms with Gasteiger partial charge in [-0.1, -0.05) is 56.1 Å². The highest BCUT2D eigenvalue weighted by atomic mass is 79.9. The first-order valence-electron chi connectivity index (χ1n) is 10.6. The van der Waals surface area contributed by atoms with Gasteiger partial charge in [0.25, 0.3) is 0 Å². The zero-order chi connectivity index (χ0) is 24.6. The van der Waals surface area contributed by atoms with Crippen LogP contribution in [-0.2, 0) is 6.42 Å². The fourth-order valence-electron chi connectivity index (χ4n) is 3.15. The number of carbonyl (C=O) groups excluding carboxylic acids is 2. The molecule has 35 heavy (non-hydrogen) atoms. The summed E-state index contributed by atoms with van der Waals surface area (Å²) in [5, 5.41) is 5.43. The zero-order valence-corrected chi connectivity index (χ0v) is 21.5. The number of nitrogens with one attached hydrogen (secondary N) is 2. The van der Waals surface area contributed by atoms with E-state index in [1.807, 2.05) is 48.5 Å². The van der Waals surface area contributed by atoms with E-state index >= 15 is 0 Å². The second kappa shape index (κ2) is 11.7. The van der Waals surface area contributed by atoms with Crippen LogP contribution in [-0.4, -0.2) is 12.2 Å². The molecule has 0 heterocycles. The first-order valence-corrected chi connectivity index (χ1v) is 12.2. The topological polar surface area (TPSA) is 76.7 Å². The Kier molecular flexibility index (Phi) is 8.18. The number of halogens is 2. The Morgan fingerprint density at radius 2 is 0.886 bits per heavy atom. The molecule has 0 aliphatic carbocycles. The fourth-order valence-corrected chi connectivity index (χ4v) is 3.68. The molecule has 8 heteroatoms. The van der Waals surface area contributed by atoms with E-state index < -0.39 is 12.2 Å². The van der Waals surface area contributed by atoms with Crippen molar-refractivity contribution in [3.63, 3.8) is 0 Å². The van der Waals surface area contributed by atoms with E-state index in [9.17, 15) is 9.59 Å². The average molecular weight is 596 g/mol. The van der Waals surface area contributed by atoms with Gasteiger partial charge in [-0.2, -0.15) is 0 Å². The maximum atomic E-state index is 12.1. The number of anilines is 2. The second-order valence-electron chi connectivity index (χ2n) is 7.51. The molecule has 0 aliphatic heterocycles. The van der Waals surface area contributed by atoms with E-state index in [2.05, 4.69) is 42.5 Å².